The SMILES string of the molecule is Cc1nc(C)c(CNC2CCN(S(C)(=O)=O)CC2)s1. The van der Waals surface area contributed by atoms with Crippen LogP contribution in [0.15, 0.2) is 0 Å². The molecule has 1 aromatic heterocycles. The van der Waals surface area contributed by atoms with Crippen LogP contribution in [0.3, 0.4) is 0 Å². The smallest absolute Gasteiger partial charge is 0.211 e. The second kappa shape index (κ2) is 5.87. The van der Waals surface area contributed by atoms with Crippen molar-refractivity contribution in [3.8, 4) is 0 Å². The molecule has 1 aliphatic heterocycles. The summed E-state index contributed by atoms with van der Waals surface area (Å²) in [5.41, 5.74) is 1.10. The van der Waals surface area contributed by atoms with E-state index in [0.29, 0.717) is 19.1 Å². The summed E-state index contributed by atoms with van der Waals surface area (Å²) in [6, 6.07) is 0.403. The van der Waals surface area contributed by atoms with Crippen LogP contribution in [0.2, 0.25) is 0 Å². The molecule has 0 radical (unpaired) electrons. The largest absolute Gasteiger partial charge is 0.309 e. The van der Waals surface area contributed by atoms with Crippen LogP contribution in [0.1, 0.15) is 28.4 Å². The zero-order chi connectivity index (χ0) is 14.0. The van der Waals surface area contributed by atoms with Gasteiger partial charge in [-0.3, -0.25) is 0 Å². The van der Waals surface area contributed by atoms with Gasteiger partial charge in [0.1, 0.15) is 0 Å². The van der Waals surface area contributed by atoms with Crippen molar-refractivity contribution in [3.05, 3.63) is 15.6 Å². The second-order valence-corrected chi connectivity index (χ2v) is 8.33. The summed E-state index contributed by atoms with van der Waals surface area (Å²) in [6.07, 6.45) is 3.04. The molecule has 0 bridgehead atoms. The lowest BCUT2D eigenvalue weighted by Gasteiger charge is -2.30. The Morgan fingerprint density at radius 1 is 1.37 bits per heavy atom. The average molecular weight is 303 g/mol. The van der Waals surface area contributed by atoms with Gasteiger partial charge >= 0.3 is 0 Å². The van der Waals surface area contributed by atoms with Gasteiger partial charge in [0.05, 0.1) is 17.0 Å². The van der Waals surface area contributed by atoms with E-state index in [1.54, 1.807) is 15.6 Å². The van der Waals surface area contributed by atoms with Crippen LogP contribution < -0.4 is 5.32 Å². The number of piperidine rings is 1. The lowest BCUT2D eigenvalue weighted by atomic mass is 10.1. The van der Waals surface area contributed by atoms with Crippen molar-refractivity contribution in [1.82, 2.24) is 14.6 Å². The minimum atomic E-state index is -3.02. The van der Waals surface area contributed by atoms with E-state index in [4.69, 9.17) is 0 Å². The molecule has 108 valence electrons. The van der Waals surface area contributed by atoms with Crippen LogP contribution in [-0.4, -0.2) is 43.1 Å². The molecular formula is C12H21N3O2S2. The third kappa shape index (κ3) is 3.98. The maximum atomic E-state index is 11.4. The van der Waals surface area contributed by atoms with Crippen molar-refractivity contribution in [1.29, 1.82) is 0 Å². The molecule has 1 fully saturated rings. The van der Waals surface area contributed by atoms with Crippen LogP contribution in [0.5, 0.6) is 0 Å². The molecule has 19 heavy (non-hydrogen) atoms. The first-order valence-electron chi connectivity index (χ1n) is 6.47. The molecule has 1 saturated heterocycles. The summed E-state index contributed by atoms with van der Waals surface area (Å²) in [7, 11) is -3.02. The number of thiazole rings is 1. The predicted molar refractivity (Wildman–Crippen MR) is 77.9 cm³/mol. The van der Waals surface area contributed by atoms with E-state index in [1.165, 1.54) is 11.1 Å². The zero-order valence-corrected chi connectivity index (χ0v) is 13.3. The van der Waals surface area contributed by atoms with Crippen LogP contribution >= 0.6 is 11.3 Å². The number of rotatable bonds is 4. The van der Waals surface area contributed by atoms with E-state index in [-0.39, 0.29) is 0 Å². The third-order valence-corrected chi connectivity index (χ3v) is 5.85. The monoisotopic (exact) mass is 303 g/mol. The number of sulfonamides is 1. The summed E-state index contributed by atoms with van der Waals surface area (Å²) in [6.45, 7) is 6.13. The third-order valence-electron chi connectivity index (χ3n) is 3.47. The zero-order valence-electron chi connectivity index (χ0n) is 11.6. The van der Waals surface area contributed by atoms with Gasteiger partial charge in [-0.2, -0.15) is 0 Å². The van der Waals surface area contributed by atoms with E-state index in [1.807, 2.05) is 13.8 Å². The lowest BCUT2D eigenvalue weighted by Crippen LogP contribution is -2.44. The van der Waals surface area contributed by atoms with Crippen LogP contribution in [-0.2, 0) is 16.6 Å². The topological polar surface area (TPSA) is 62.3 Å². The summed E-state index contributed by atoms with van der Waals surface area (Å²) in [5.74, 6) is 0. The molecule has 0 spiro atoms. The number of aromatic nitrogens is 1. The molecule has 0 saturated carbocycles. The normalized spacial score (nSPS) is 18.9. The molecule has 0 atom stereocenters. The van der Waals surface area contributed by atoms with Crippen molar-refractivity contribution in [2.24, 2.45) is 0 Å². The highest BCUT2D eigenvalue weighted by atomic mass is 32.2. The Morgan fingerprint density at radius 2 is 2.00 bits per heavy atom. The minimum Gasteiger partial charge on any atom is -0.309 e. The van der Waals surface area contributed by atoms with Gasteiger partial charge in [-0.15, -0.1) is 11.3 Å². The number of nitrogens with zero attached hydrogens (tertiary/aromatic N) is 2. The fourth-order valence-corrected chi connectivity index (χ4v) is 4.13. The summed E-state index contributed by atoms with van der Waals surface area (Å²) >= 11 is 1.73. The molecule has 0 amide bonds. The summed E-state index contributed by atoms with van der Waals surface area (Å²) in [4.78, 5) is 5.69. The molecule has 0 aromatic carbocycles. The average Bonchev–Trinajstić information content (AvgIpc) is 2.65. The van der Waals surface area contributed by atoms with Crippen molar-refractivity contribution < 1.29 is 8.42 Å². The van der Waals surface area contributed by atoms with Gasteiger partial charge in [0, 0.05) is 30.6 Å². The van der Waals surface area contributed by atoms with Gasteiger partial charge in [-0.05, 0) is 26.7 Å². The Balaban J connectivity index is 1.82. The highest BCUT2D eigenvalue weighted by Gasteiger charge is 2.24. The predicted octanol–water partition coefficient (Wildman–Crippen LogP) is 1.27. The fraction of sp³-hybridized carbons (Fsp3) is 0.750. The van der Waals surface area contributed by atoms with Crippen LogP contribution in [0, 0.1) is 13.8 Å². The Labute approximate surface area is 119 Å². The Morgan fingerprint density at radius 3 is 2.47 bits per heavy atom. The van der Waals surface area contributed by atoms with Gasteiger partial charge < -0.3 is 5.32 Å². The molecule has 7 heteroatoms. The standard InChI is InChI=1S/C12H21N3O2S2/c1-9-12(18-10(2)14-9)8-13-11-4-6-15(7-5-11)19(3,16)17/h11,13H,4-8H2,1-3H3. The molecule has 2 rings (SSSR count). The van der Waals surface area contributed by atoms with Crippen molar-refractivity contribution in [2.45, 2.75) is 39.3 Å². The summed E-state index contributed by atoms with van der Waals surface area (Å²) < 4.78 is 24.4. The number of hydrogen-bond donors (Lipinski definition) is 1. The van der Waals surface area contributed by atoms with Crippen molar-refractivity contribution in [2.75, 3.05) is 19.3 Å². The molecule has 1 N–H and O–H groups in total. The van der Waals surface area contributed by atoms with Gasteiger partial charge in [0.25, 0.3) is 0 Å². The van der Waals surface area contributed by atoms with Crippen LogP contribution in [0.4, 0.5) is 0 Å². The van der Waals surface area contributed by atoms with E-state index in [2.05, 4.69) is 10.3 Å². The summed E-state index contributed by atoms with van der Waals surface area (Å²) in [5, 5.41) is 4.61. The first-order valence-corrected chi connectivity index (χ1v) is 9.14. The Kier molecular flexibility index (Phi) is 4.60. The highest BCUT2D eigenvalue weighted by molar-refractivity contribution is 7.88. The Hall–Kier alpha value is -0.500. The van der Waals surface area contributed by atoms with E-state index >= 15 is 0 Å². The van der Waals surface area contributed by atoms with Crippen molar-refractivity contribution >= 4 is 21.4 Å². The van der Waals surface area contributed by atoms with Gasteiger partial charge in [0.15, 0.2) is 0 Å². The molecule has 1 aromatic rings. The molecule has 0 unspecified atom stereocenters. The number of aryl methyl sites for hydroxylation is 2. The van der Waals surface area contributed by atoms with E-state index in [0.717, 1.165) is 30.1 Å². The van der Waals surface area contributed by atoms with E-state index in [9.17, 15) is 8.42 Å². The molecule has 5 nitrogen and oxygen atoms in total. The number of nitrogens with one attached hydrogen (secondary N) is 1. The second-order valence-electron chi connectivity index (χ2n) is 5.06. The van der Waals surface area contributed by atoms with Crippen LogP contribution in [0.25, 0.3) is 0 Å². The Bertz CT molecular complexity index is 531. The fourth-order valence-electron chi connectivity index (χ4n) is 2.37. The van der Waals surface area contributed by atoms with Crippen molar-refractivity contribution in [3.63, 3.8) is 0 Å². The molecule has 0 aliphatic carbocycles. The lowest BCUT2D eigenvalue weighted by molar-refractivity contribution is 0.290. The first-order chi connectivity index (χ1) is 8.86. The first kappa shape index (κ1) is 14.9. The van der Waals surface area contributed by atoms with Gasteiger partial charge in [-0.1, -0.05) is 0 Å². The van der Waals surface area contributed by atoms with E-state index < -0.39 is 10.0 Å². The maximum Gasteiger partial charge on any atom is 0.211 e. The molecule has 2 heterocycles. The number of hydrogen-bond acceptors (Lipinski definition) is 5. The minimum absolute atomic E-state index is 0.403. The van der Waals surface area contributed by atoms with Gasteiger partial charge in [-0.25, -0.2) is 17.7 Å². The quantitative estimate of drug-likeness (QED) is 0.910. The highest BCUT2D eigenvalue weighted by Crippen LogP contribution is 2.18. The van der Waals surface area contributed by atoms with Gasteiger partial charge in [0.2, 0.25) is 10.0 Å². The molecule has 1 aliphatic rings. The molecular weight excluding hydrogens is 282 g/mol. The maximum absolute atomic E-state index is 11.4.